The zero-order valence-electron chi connectivity index (χ0n) is 16.2. The number of rotatable bonds is 8. The summed E-state index contributed by atoms with van der Waals surface area (Å²) in [6, 6.07) is 8.01. The fraction of sp³-hybridized carbons (Fsp3) is 0.500. The topological polar surface area (TPSA) is 61.8 Å². The number of hydrogen-bond donors (Lipinski definition) is 2. The van der Waals surface area contributed by atoms with Gasteiger partial charge in [-0.2, -0.15) is 0 Å². The third-order valence-corrected chi connectivity index (χ3v) is 5.44. The number of aromatic nitrogens is 1. The molecule has 0 amide bonds. The number of nitrogens with zero attached hydrogens (tertiary/aromatic N) is 3. The number of nitrogens with one attached hydrogen (secondary N) is 2. The highest BCUT2D eigenvalue weighted by Gasteiger charge is 2.15. The fourth-order valence-corrected chi connectivity index (χ4v) is 3.97. The zero-order chi connectivity index (χ0) is 18.9. The molecule has 1 aliphatic heterocycles. The highest BCUT2D eigenvalue weighted by molar-refractivity contribution is 7.13. The molecule has 0 spiro atoms. The molecule has 2 N–H and O–H groups in total. The second kappa shape index (κ2) is 10.2. The van der Waals surface area contributed by atoms with E-state index in [1.54, 1.807) is 18.4 Å². The number of ether oxygens (including phenoxy) is 1. The van der Waals surface area contributed by atoms with E-state index >= 15 is 0 Å². The van der Waals surface area contributed by atoms with Crippen LogP contribution in [0.2, 0.25) is 0 Å². The average Bonchev–Trinajstić information content (AvgIpc) is 3.38. The monoisotopic (exact) mass is 387 g/mol. The van der Waals surface area contributed by atoms with Crippen molar-refractivity contribution in [1.82, 2.24) is 15.6 Å². The summed E-state index contributed by atoms with van der Waals surface area (Å²) in [7, 11) is 1.68. The highest BCUT2D eigenvalue weighted by Crippen LogP contribution is 2.24. The minimum absolute atomic E-state index is 0.613. The van der Waals surface area contributed by atoms with Crippen molar-refractivity contribution in [3.63, 3.8) is 0 Å². The number of guanidine groups is 1. The molecule has 146 valence electrons. The first kappa shape index (κ1) is 19.5. The van der Waals surface area contributed by atoms with Crippen molar-refractivity contribution in [3.8, 4) is 5.75 Å². The van der Waals surface area contributed by atoms with Gasteiger partial charge in [0, 0.05) is 38.0 Å². The van der Waals surface area contributed by atoms with E-state index in [1.165, 1.54) is 18.0 Å². The van der Waals surface area contributed by atoms with Crippen LogP contribution in [0.15, 0.2) is 34.6 Å². The lowest BCUT2D eigenvalue weighted by atomic mass is 10.2. The second-order valence-electron chi connectivity index (χ2n) is 6.54. The van der Waals surface area contributed by atoms with E-state index in [-0.39, 0.29) is 0 Å². The molecule has 0 aliphatic carbocycles. The molecule has 1 aliphatic rings. The van der Waals surface area contributed by atoms with Crippen LogP contribution >= 0.6 is 11.3 Å². The Morgan fingerprint density at radius 3 is 2.93 bits per heavy atom. The van der Waals surface area contributed by atoms with Crippen LogP contribution < -0.4 is 20.3 Å². The summed E-state index contributed by atoms with van der Waals surface area (Å²) in [6.07, 6.45) is 3.46. The largest absolute Gasteiger partial charge is 0.497 e. The van der Waals surface area contributed by atoms with Crippen LogP contribution in [0, 0.1) is 0 Å². The summed E-state index contributed by atoms with van der Waals surface area (Å²) in [4.78, 5) is 11.8. The molecule has 2 heterocycles. The third-order valence-electron chi connectivity index (χ3n) is 4.49. The van der Waals surface area contributed by atoms with Gasteiger partial charge >= 0.3 is 0 Å². The summed E-state index contributed by atoms with van der Waals surface area (Å²) < 4.78 is 5.27. The van der Waals surface area contributed by atoms with E-state index in [0.717, 1.165) is 55.6 Å². The van der Waals surface area contributed by atoms with Crippen LogP contribution in [0.3, 0.4) is 0 Å². The van der Waals surface area contributed by atoms with Gasteiger partial charge in [0.15, 0.2) is 11.1 Å². The van der Waals surface area contributed by atoms with Gasteiger partial charge in [0.25, 0.3) is 0 Å². The van der Waals surface area contributed by atoms with Gasteiger partial charge in [-0.05, 0) is 37.5 Å². The second-order valence-corrected chi connectivity index (χ2v) is 7.38. The smallest absolute Gasteiger partial charge is 0.191 e. The predicted octanol–water partition coefficient (Wildman–Crippen LogP) is 3.05. The number of methoxy groups -OCH3 is 1. The predicted molar refractivity (Wildman–Crippen MR) is 113 cm³/mol. The molecule has 1 fully saturated rings. The number of anilines is 1. The third kappa shape index (κ3) is 5.85. The van der Waals surface area contributed by atoms with E-state index in [2.05, 4.69) is 38.9 Å². The van der Waals surface area contributed by atoms with Gasteiger partial charge in [0.1, 0.15) is 5.75 Å². The van der Waals surface area contributed by atoms with Crippen LogP contribution in [0.25, 0.3) is 0 Å². The molecule has 0 atom stereocenters. The maximum atomic E-state index is 5.27. The summed E-state index contributed by atoms with van der Waals surface area (Å²) in [5, 5.41) is 10.0. The van der Waals surface area contributed by atoms with E-state index in [9.17, 15) is 0 Å². The van der Waals surface area contributed by atoms with Crippen LogP contribution in [0.4, 0.5) is 5.13 Å². The van der Waals surface area contributed by atoms with Crippen molar-refractivity contribution in [1.29, 1.82) is 0 Å². The fourth-order valence-electron chi connectivity index (χ4n) is 3.06. The molecule has 3 rings (SSSR count). The van der Waals surface area contributed by atoms with Crippen molar-refractivity contribution in [3.05, 3.63) is 40.9 Å². The Morgan fingerprint density at radius 1 is 1.30 bits per heavy atom. The number of benzene rings is 1. The lowest BCUT2D eigenvalue weighted by Crippen LogP contribution is -2.38. The summed E-state index contributed by atoms with van der Waals surface area (Å²) in [6.45, 7) is 6.63. The van der Waals surface area contributed by atoms with Gasteiger partial charge in [0.2, 0.25) is 0 Å². The van der Waals surface area contributed by atoms with Crippen molar-refractivity contribution >= 4 is 22.4 Å². The summed E-state index contributed by atoms with van der Waals surface area (Å²) >= 11 is 1.76. The van der Waals surface area contributed by atoms with Crippen molar-refractivity contribution in [2.24, 2.45) is 4.99 Å². The molecule has 0 saturated carbocycles. The lowest BCUT2D eigenvalue weighted by Gasteiger charge is -2.12. The Labute approximate surface area is 165 Å². The van der Waals surface area contributed by atoms with Gasteiger partial charge in [-0.15, -0.1) is 11.3 Å². The maximum Gasteiger partial charge on any atom is 0.191 e. The maximum absolute atomic E-state index is 5.27. The van der Waals surface area contributed by atoms with Gasteiger partial charge in [0.05, 0.1) is 19.3 Å². The van der Waals surface area contributed by atoms with Crippen LogP contribution in [-0.4, -0.2) is 44.2 Å². The Bertz CT molecular complexity index is 739. The Hall–Kier alpha value is -2.28. The van der Waals surface area contributed by atoms with Gasteiger partial charge in [-0.1, -0.05) is 12.1 Å². The molecule has 27 heavy (non-hydrogen) atoms. The van der Waals surface area contributed by atoms with Gasteiger partial charge in [-0.25, -0.2) is 9.98 Å². The van der Waals surface area contributed by atoms with Gasteiger partial charge < -0.3 is 20.3 Å². The average molecular weight is 388 g/mol. The first-order valence-corrected chi connectivity index (χ1v) is 10.5. The molecule has 6 nitrogen and oxygen atoms in total. The molecule has 0 unspecified atom stereocenters. The SMILES string of the molecule is CCNC(=NCc1cccc(OC)c1)NCCc1csc(N2CCCC2)n1. The van der Waals surface area contributed by atoms with E-state index in [4.69, 9.17) is 9.72 Å². The normalized spacial score (nSPS) is 14.4. The number of aliphatic imine (C=N–C) groups is 1. The number of thiazole rings is 1. The molecule has 2 aromatic rings. The van der Waals surface area contributed by atoms with Crippen molar-refractivity contribution in [2.45, 2.75) is 32.7 Å². The molecule has 1 aromatic heterocycles. The molecular formula is C20H29N5OS. The number of hydrogen-bond acceptors (Lipinski definition) is 5. The first-order chi connectivity index (χ1) is 13.3. The van der Waals surface area contributed by atoms with E-state index in [0.29, 0.717) is 6.54 Å². The van der Waals surface area contributed by atoms with Gasteiger partial charge in [-0.3, -0.25) is 0 Å². The molecular weight excluding hydrogens is 358 g/mol. The van der Waals surface area contributed by atoms with E-state index in [1.807, 2.05) is 18.2 Å². The molecule has 7 heteroatoms. The Balaban J connectivity index is 1.50. The summed E-state index contributed by atoms with van der Waals surface area (Å²) in [5.41, 5.74) is 2.28. The summed E-state index contributed by atoms with van der Waals surface area (Å²) in [5.74, 6) is 1.69. The highest BCUT2D eigenvalue weighted by atomic mass is 32.1. The van der Waals surface area contributed by atoms with Crippen LogP contribution in [0.1, 0.15) is 31.0 Å². The van der Waals surface area contributed by atoms with E-state index < -0.39 is 0 Å². The van der Waals surface area contributed by atoms with Crippen molar-refractivity contribution < 1.29 is 4.74 Å². The Morgan fingerprint density at radius 2 is 2.15 bits per heavy atom. The minimum atomic E-state index is 0.613. The van der Waals surface area contributed by atoms with Crippen LogP contribution in [-0.2, 0) is 13.0 Å². The van der Waals surface area contributed by atoms with Crippen molar-refractivity contribution in [2.75, 3.05) is 38.2 Å². The first-order valence-electron chi connectivity index (χ1n) is 9.63. The quantitative estimate of drug-likeness (QED) is 0.538. The molecule has 1 saturated heterocycles. The molecule has 1 aromatic carbocycles. The standard InChI is InChI=1S/C20H29N5OS/c1-3-21-19(23-14-16-7-6-8-18(13-16)26-2)22-10-9-17-15-27-20(24-17)25-11-4-5-12-25/h6-8,13,15H,3-5,9-12,14H2,1-2H3,(H2,21,22,23). The lowest BCUT2D eigenvalue weighted by molar-refractivity contribution is 0.414. The molecule has 0 radical (unpaired) electrons. The molecule has 0 bridgehead atoms. The Kier molecular flexibility index (Phi) is 7.33. The zero-order valence-corrected chi connectivity index (χ0v) is 17.0. The van der Waals surface area contributed by atoms with Crippen LogP contribution in [0.5, 0.6) is 5.75 Å². The minimum Gasteiger partial charge on any atom is -0.497 e.